The fourth-order valence-electron chi connectivity index (χ4n) is 9.56. The number of alkyl carbamates (subject to hydrolysis) is 1. The summed E-state index contributed by atoms with van der Waals surface area (Å²) >= 11 is 0. The maximum atomic E-state index is 16.0. The van der Waals surface area contributed by atoms with Crippen LogP contribution in [0.15, 0.2) is 79.1 Å². The van der Waals surface area contributed by atoms with Crippen molar-refractivity contribution >= 4 is 29.8 Å². The molecule has 3 fully saturated rings. The number of fused-ring (bicyclic) bond motifs is 2. The van der Waals surface area contributed by atoms with Gasteiger partial charge in [0.15, 0.2) is 0 Å². The van der Waals surface area contributed by atoms with Crippen molar-refractivity contribution < 1.29 is 74.0 Å². The summed E-state index contributed by atoms with van der Waals surface area (Å²) in [5.74, 6) is 1.16. The molecular formula is C53H59F8N9O8. The number of pyridine rings is 2. The van der Waals surface area contributed by atoms with Crippen LogP contribution in [0.2, 0.25) is 0 Å². The molecule has 17 nitrogen and oxygen atoms in total. The molecule has 3 saturated heterocycles. The number of alkyl halides is 6. The minimum atomic E-state index is -5.23. The van der Waals surface area contributed by atoms with Gasteiger partial charge in [-0.05, 0) is 101 Å². The van der Waals surface area contributed by atoms with Crippen molar-refractivity contribution in [1.82, 2.24) is 41.3 Å². The van der Waals surface area contributed by atoms with E-state index >= 15 is 8.78 Å². The minimum absolute atomic E-state index is 0.0445. The van der Waals surface area contributed by atoms with E-state index < -0.39 is 108 Å². The van der Waals surface area contributed by atoms with Crippen LogP contribution in [0, 0.1) is 34.3 Å². The molecule has 3 aliphatic rings. The van der Waals surface area contributed by atoms with Crippen molar-refractivity contribution in [2.24, 2.45) is 10.8 Å². The van der Waals surface area contributed by atoms with Gasteiger partial charge in [0.1, 0.15) is 29.5 Å². The standard InChI is InChI=1S/C53H59F8N9O8/c1-50(2,52(56,57)58)44(66-49(76)77-5)46(72)64-41(20-31-12-9-30(10-13-31)11-14-32-15-18-43(63-23-32)68-24-34-16-17-35(25-68)70(34)36-28-78-29-36)42(71)27-69(67-47(73)45(65-48(74)75)51(3,4)53(59,60)61)26-37-38(54)21-33(22-39(37)55)40-8-6-7-19-62-40/h6-10,12-13,15,18-19,21-23,34-36,41-42,44-45,65,71H,16-17,20,24-29H2,1-5H3,(H,64,72)(H,66,76)(H,67,73)(H,74,75)/t34?,35?,41-,42-,44+,45+/m0/s1. The van der Waals surface area contributed by atoms with Gasteiger partial charge in [-0.25, -0.2) is 28.4 Å². The third kappa shape index (κ3) is 13.6. The largest absolute Gasteiger partial charge is 0.465 e. The zero-order chi connectivity index (χ0) is 56.9. The zero-order valence-electron chi connectivity index (χ0n) is 43.0. The van der Waals surface area contributed by atoms with Crippen molar-refractivity contribution in [3.63, 3.8) is 0 Å². The number of nitrogens with zero attached hydrogens (tertiary/aromatic N) is 5. The molecule has 5 heterocycles. The minimum Gasteiger partial charge on any atom is -0.465 e. The lowest BCUT2D eigenvalue weighted by molar-refractivity contribution is -0.221. The van der Waals surface area contributed by atoms with E-state index in [0.717, 1.165) is 64.2 Å². The van der Waals surface area contributed by atoms with E-state index in [-0.39, 0.29) is 11.3 Å². The van der Waals surface area contributed by atoms with Gasteiger partial charge < -0.3 is 40.5 Å². The van der Waals surface area contributed by atoms with Gasteiger partial charge in [-0.3, -0.25) is 24.9 Å². The second-order valence-corrected chi connectivity index (χ2v) is 20.5. The second kappa shape index (κ2) is 23.8. The van der Waals surface area contributed by atoms with E-state index in [1.165, 1.54) is 29.7 Å². The van der Waals surface area contributed by atoms with Crippen molar-refractivity contribution in [2.75, 3.05) is 44.9 Å². The lowest BCUT2D eigenvalue weighted by Crippen LogP contribution is -2.63. The summed E-state index contributed by atoms with van der Waals surface area (Å²) in [7, 11) is 0.837. The second-order valence-electron chi connectivity index (χ2n) is 20.5. The topological polar surface area (TPSA) is 211 Å². The summed E-state index contributed by atoms with van der Waals surface area (Å²) < 4.78 is 129. The lowest BCUT2D eigenvalue weighted by atomic mass is 9.82. The third-order valence-electron chi connectivity index (χ3n) is 14.5. The van der Waals surface area contributed by atoms with Crippen LogP contribution in [-0.4, -0.2) is 149 Å². The van der Waals surface area contributed by atoms with E-state index in [4.69, 9.17) is 4.74 Å². The van der Waals surface area contributed by atoms with Crippen molar-refractivity contribution in [3.05, 3.63) is 113 Å². The molecule has 7 rings (SSSR count). The summed E-state index contributed by atoms with van der Waals surface area (Å²) in [6.45, 7) is 3.34. The number of amides is 4. The number of hydrogen-bond acceptors (Lipinski definition) is 12. The first kappa shape index (κ1) is 58.5. The number of aromatic nitrogens is 2. The Labute approximate surface area is 444 Å². The molecule has 2 unspecified atom stereocenters. The van der Waals surface area contributed by atoms with Crippen LogP contribution >= 0.6 is 0 Å². The molecule has 0 aliphatic carbocycles. The fraction of sp³-hybridized carbons (Fsp3) is 0.472. The highest BCUT2D eigenvalue weighted by Crippen LogP contribution is 2.42. The molecule has 4 amide bonds. The molecule has 0 radical (unpaired) electrons. The fourth-order valence-corrected chi connectivity index (χ4v) is 9.56. The molecule has 0 spiro atoms. The SMILES string of the molecule is COC(=O)N[C@H](C(=O)N[C@@H](Cc1ccc(C#Cc2ccc(N3CC4CCC(C3)N4C3COC3)nc2)cc1)[C@@H](O)CN(Cc1c(F)cc(-c2ccccn2)cc1F)NC(=O)[C@@H](NC(=O)O)C(C)(C)C(F)(F)F)C(C)(C)C(F)(F)F. The first-order valence-electron chi connectivity index (χ1n) is 24.7. The first-order chi connectivity index (χ1) is 36.7. The summed E-state index contributed by atoms with van der Waals surface area (Å²) in [5.41, 5.74) is -3.46. The third-order valence-corrected chi connectivity index (χ3v) is 14.5. The Kier molecular flexibility index (Phi) is 17.9. The van der Waals surface area contributed by atoms with Gasteiger partial charge in [0, 0.05) is 72.9 Å². The Morgan fingerprint density at radius 1 is 0.795 bits per heavy atom. The molecule has 25 heteroatoms. The van der Waals surface area contributed by atoms with E-state index in [9.17, 15) is 55.7 Å². The van der Waals surface area contributed by atoms with Crippen LogP contribution in [0.5, 0.6) is 0 Å². The normalized spacial score (nSPS) is 18.6. The number of aliphatic hydroxyl groups is 1. The number of hydrazine groups is 1. The average molecular weight is 1100 g/mol. The number of hydrogen-bond donors (Lipinski definition) is 6. The Hall–Kier alpha value is -7.14. The lowest BCUT2D eigenvalue weighted by Gasteiger charge is -2.47. The number of halogens is 8. The number of aliphatic hydroxyl groups excluding tert-OH is 1. The Morgan fingerprint density at radius 3 is 1.90 bits per heavy atom. The molecule has 6 N–H and O–H groups in total. The zero-order valence-corrected chi connectivity index (χ0v) is 43.0. The highest BCUT2D eigenvalue weighted by Gasteiger charge is 2.57. The van der Waals surface area contributed by atoms with Gasteiger partial charge in [0.25, 0.3) is 5.91 Å². The van der Waals surface area contributed by atoms with Crippen LogP contribution in [0.25, 0.3) is 11.3 Å². The molecule has 3 aliphatic heterocycles. The number of carbonyl (C=O) groups is 4. The van der Waals surface area contributed by atoms with Gasteiger partial charge >= 0.3 is 24.5 Å². The van der Waals surface area contributed by atoms with E-state index in [0.29, 0.717) is 67.5 Å². The van der Waals surface area contributed by atoms with Crippen LogP contribution in [-0.2, 0) is 32.0 Å². The van der Waals surface area contributed by atoms with Crippen LogP contribution in [0.4, 0.5) is 50.5 Å². The Morgan fingerprint density at radius 2 is 1.38 bits per heavy atom. The van der Waals surface area contributed by atoms with E-state index in [2.05, 4.69) is 41.7 Å². The van der Waals surface area contributed by atoms with Crippen molar-refractivity contribution in [2.45, 2.75) is 108 Å². The number of carbonyl (C=O) groups excluding carboxylic acids is 3. The van der Waals surface area contributed by atoms with Gasteiger partial charge in [0.2, 0.25) is 5.91 Å². The number of benzene rings is 2. The van der Waals surface area contributed by atoms with Crippen molar-refractivity contribution in [1.29, 1.82) is 0 Å². The molecule has 78 heavy (non-hydrogen) atoms. The number of methoxy groups -OCH3 is 1. The molecule has 4 aromatic rings. The molecule has 6 atom stereocenters. The van der Waals surface area contributed by atoms with Gasteiger partial charge in [-0.2, -0.15) is 26.3 Å². The quantitative estimate of drug-likeness (QED) is 0.0366. The van der Waals surface area contributed by atoms with Gasteiger partial charge in [0.05, 0.1) is 55.0 Å². The van der Waals surface area contributed by atoms with Gasteiger partial charge in [-0.1, -0.05) is 30.0 Å². The summed E-state index contributed by atoms with van der Waals surface area (Å²) in [6.07, 6.45) is -11.2. The predicted molar refractivity (Wildman–Crippen MR) is 266 cm³/mol. The summed E-state index contributed by atoms with van der Waals surface area (Å²) in [6, 6.07) is 10.7. The number of anilines is 1. The number of piperazine rings is 1. The average Bonchev–Trinajstić information content (AvgIpc) is 3.64. The number of rotatable bonds is 18. The van der Waals surface area contributed by atoms with Gasteiger partial charge in [-0.15, -0.1) is 0 Å². The van der Waals surface area contributed by atoms with E-state index in [1.807, 2.05) is 22.9 Å². The summed E-state index contributed by atoms with van der Waals surface area (Å²) in [4.78, 5) is 65.7. The molecule has 2 aromatic heterocycles. The monoisotopic (exact) mass is 1100 g/mol. The maximum Gasteiger partial charge on any atom is 0.407 e. The molecule has 2 bridgehead atoms. The maximum absolute atomic E-state index is 16.0. The van der Waals surface area contributed by atoms with Crippen LogP contribution in [0.1, 0.15) is 62.8 Å². The molecule has 420 valence electrons. The first-order valence-corrected chi connectivity index (χ1v) is 24.7. The molecule has 2 aromatic carbocycles. The smallest absolute Gasteiger partial charge is 0.407 e. The highest BCUT2D eigenvalue weighted by molar-refractivity contribution is 5.87. The number of nitrogens with one attached hydrogen (secondary N) is 4. The summed E-state index contributed by atoms with van der Waals surface area (Å²) in [5, 5.41) is 27.8. The Balaban J connectivity index is 1.17. The molecular weight excluding hydrogens is 1040 g/mol. The predicted octanol–water partition coefficient (Wildman–Crippen LogP) is 6.33. The molecule has 0 saturated carbocycles. The number of ether oxygens (including phenoxy) is 2. The van der Waals surface area contributed by atoms with Crippen LogP contribution in [0.3, 0.4) is 0 Å². The van der Waals surface area contributed by atoms with E-state index in [1.54, 1.807) is 30.5 Å². The van der Waals surface area contributed by atoms with Crippen molar-refractivity contribution in [3.8, 4) is 23.1 Å². The highest BCUT2D eigenvalue weighted by atomic mass is 19.4. The van der Waals surface area contributed by atoms with Crippen LogP contribution < -0.4 is 26.3 Å². The number of carboxylic acid groups (broad SMARTS) is 1. The Bertz CT molecular complexity index is 2810.